The van der Waals surface area contributed by atoms with Crippen molar-refractivity contribution in [2.45, 2.75) is 50.2 Å². The molecule has 0 spiro atoms. The molecule has 1 fully saturated rings. The molecule has 11 heteroatoms. The average Bonchev–Trinajstić information content (AvgIpc) is 3.30. The van der Waals surface area contributed by atoms with E-state index in [0.717, 1.165) is 6.42 Å². The van der Waals surface area contributed by atoms with E-state index in [1.165, 1.54) is 12.5 Å². The number of hydrogen-bond acceptors (Lipinski definition) is 6. The fraction of sp³-hybridized carbons (Fsp3) is 0.562. The lowest BCUT2D eigenvalue weighted by molar-refractivity contribution is -0.142. The molecule has 1 aliphatic rings. The van der Waals surface area contributed by atoms with Gasteiger partial charge in [-0.1, -0.05) is 0 Å². The van der Waals surface area contributed by atoms with E-state index in [-0.39, 0.29) is 25.2 Å². The van der Waals surface area contributed by atoms with Crippen molar-refractivity contribution < 1.29 is 24.3 Å². The summed E-state index contributed by atoms with van der Waals surface area (Å²) >= 11 is 0. The van der Waals surface area contributed by atoms with E-state index in [0.29, 0.717) is 18.7 Å². The number of aliphatic carboxylic acids is 1. The number of aromatic nitrogens is 2. The van der Waals surface area contributed by atoms with Crippen molar-refractivity contribution in [3.8, 4) is 0 Å². The number of primary amides is 1. The van der Waals surface area contributed by atoms with Crippen LogP contribution in [0.4, 0.5) is 0 Å². The molecular formula is C16H24N6O5. The van der Waals surface area contributed by atoms with Crippen LogP contribution >= 0.6 is 0 Å². The van der Waals surface area contributed by atoms with Gasteiger partial charge in [-0.25, -0.2) is 9.78 Å². The Bertz CT molecular complexity index is 671. The summed E-state index contributed by atoms with van der Waals surface area (Å²) in [6.45, 7) is 0.710. The molecule has 148 valence electrons. The molecule has 0 radical (unpaired) electrons. The summed E-state index contributed by atoms with van der Waals surface area (Å²) in [7, 11) is 0. The number of aromatic amines is 1. The molecule has 1 aliphatic heterocycles. The molecule has 0 bridgehead atoms. The van der Waals surface area contributed by atoms with Crippen LogP contribution in [-0.2, 0) is 25.6 Å². The summed E-state index contributed by atoms with van der Waals surface area (Å²) in [6, 6.07) is -2.68. The van der Waals surface area contributed by atoms with Crippen molar-refractivity contribution in [2.24, 2.45) is 5.73 Å². The summed E-state index contributed by atoms with van der Waals surface area (Å²) in [5.74, 6) is -2.89. The number of carbonyl (C=O) groups is 4. The Kier molecular flexibility index (Phi) is 7.29. The number of carboxylic acid groups (broad SMARTS) is 1. The lowest BCUT2D eigenvalue weighted by Gasteiger charge is -2.22. The Balaban J connectivity index is 2.02. The van der Waals surface area contributed by atoms with E-state index >= 15 is 0 Å². The quantitative estimate of drug-likeness (QED) is 0.272. The van der Waals surface area contributed by atoms with Crippen LogP contribution in [0.2, 0.25) is 0 Å². The number of hydrogen-bond donors (Lipinski definition) is 6. The maximum absolute atomic E-state index is 12.6. The van der Waals surface area contributed by atoms with Gasteiger partial charge in [-0.05, 0) is 25.8 Å². The standard InChI is InChI=1S/C16H24N6O5/c17-13(23)4-3-11(21-14(24)10-2-1-5-19-10)15(25)22-12(16(26)27)6-9-7-18-8-20-9/h7-8,10-12,19H,1-6H2,(H2,17,23)(H,18,20)(H,21,24)(H,22,25)(H,26,27)/t10-,11-,12-/m0/s1. The van der Waals surface area contributed by atoms with E-state index in [1.807, 2.05) is 0 Å². The second kappa shape index (κ2) is 9.67. The van der Waals surface area contributed by atoms with Crippen LogP contribution in [-0.4, -0.2) is 63.4 Å². The first-order valence-electron chi connectivity index (χ1n) is 8.69. The van der Waals surface area contributed by atoms with Crippen LogP contribution in [0, 0.1) is 0 Å². The van der Waals surface area contributed by atoms with Crippen LogP contribution < -0.4 is 21.7 Å². The number of amides is 3. The molecule has 1 aromatic heterocycles. The lowest BCUT2D eigenvalue weighted by Crippen LogP contribution is -2.54. The SMILES string of the molecule is NC(=O)CC[C@H](NC(=O)[C@@H]1CCCN1)C(=O)N[C@@H](Cc1cnc[nH]1)C(=O)O. The number of H-pyrrole nitrogens is 1. The third kappa shape index (κ3) is 6.37. The van der Waals surface area contributed by atoms with Gasteiger partial charge in [0.15, 0.2) is 0 Å². The molecule has 0 aliphatic carbocycles. The Morgan fingerprint density at radius 3 is 2.63 bits per heavy atom. The summed E-state index contributed by atoms with van der Waals surface area (Å²) in [5, 5.41) is 17.4. The largest absolute Gasteiger partial charge is 0.480 e. The van der Waals surface area contributed by atoms with Crippen molar-refractivity contribution in [2.75, 3.05) is 6.54 Å². The molecule has 1 aromatic rings. The molecule has 1 saturated heterocycles. The van der Waals surface area contributed by atoms with Crippen molar-refractivity contribution >= 4 is 23.7 Å². The van der Waals surface area contributed by atoms with Gasteiger partial charge >= 0.3 is 5.97 Å². The minimum Gasteiger partial charge on any atom is -0.480 e. The number of imidazole rings is 1. The van der Waals surface area contributed by atoms with Crippen LogP contribution in [0.5, 0.6) is 0 Å². The maximum Gasteiger partial charge on any atom is 0.326 e. The van der Waals surface area contributed by atoms with Gasteiger partial charge in [0.25, 0.3) is 0 Å². The Labute approximate surface area is 155 Å². The topological polar surface area (TPSA) is 179 Å². The zero-order valence-electron chi connectivity index (χ0n) is 14.7. The second-order valence-electron chi connectivity index (χ2n) is 6.40. The van der Waals surface area contributed by atoms with Gasteiger partial charge in [-0.3, -0.25) is 14.4 Å². The Morgan fingerprint density at radius 1 is 1.30 bits per heavy atom. The summed E-state index contributed by atoms with van der Waals surface area (Å²) in [5.41, 5.74) is 5.67. The van der Waals surface area contributed by atoms with Gasteiger partial charge in [0.05, 0.1) is 12.4 Å². The molecule has 27 heavy (non-hydrogen) atoms. The van der Waals surface area contributed by atoms with Crippen LogP contribution in [0.1, 0.15) is 31.4 Å². The maximum atomic E-state index is 12.6. The molecule has 11 nitrogen and oxygen atoms in total. The van der Waals surface area contributed by atoms with E-state index in [2.05, 4.69) is 25.9 Å². The minimum absolute atomic E-state index is 0.00173. The van der Waals surface area contributed by atoms with Gasteiger partial charge < -0.3 is 31.8 Å². The summed E-state index contributed by atoms with van der Waals surface area (Å²) in [6.07, 6.45) is 4.22. The number of nitrogens with one attached hydrogen (secondary N) is 4. The smallest absolute Gasteiger partial charge is 0.326 e. The first-order valence-corrected chi connectivity index (χ1v) is 8.69. The molecule has 0 aromatic carbocycles. The second-order valence-corrected chi connectivity index (χ2v) is 6.40. The van der Waals surface area contributed by atoms with Crippen molar-refractivity contribution in [1.29, 1.82) is 0 Å². The van der Waals surface area contributed by atoms with Crippen molar-refractivity contribution in [1.82, 2.24) is 25.9 Å². The highest BCUT2D eigenvalue weighted by atomic mass is 16.4. The van der Waals surface area contributed by atoms with Gasteiger partial charge in [0, 0.05) is 24.7 Å². The number of nitrogens with zero attached hydrogens (tertiary/aromatic N) is 1. The Hall–Kier alpha value is -2.95. The van der Waals surface area contributed by atoms with E-state index in [1.54, 1.807) is 0 Å². The first kappa shape index (κ1) is 20.4. The van der Waals surface area contributed by atoms with E-state index in [9.17, 15) is 24.3 Å². The number of nitrogens with two attached hydrogens (primary N) is 1. The number of carboxylic acids is 1. The molecule has 2 heterocycles. The van der Waals surface area contributed by atoms with Crippen LogP contribution in [0.25, 0.3) is 0 Å². The molecule has 3 amide bonds. The third-order valence-corrected chi connectivity index (χ3v) is 4.28. The monoisotopic (exact) mass is 380 g/mol. The summed E-state index contributed by atoms with van der Waals surface area (Å²) < 4.78 is 0. The van der Waals surface area contributed by atoms with Crippen molar-refractivity contribution in [3.63, 3.8) is 0 Å². The van der Waals surface area contributed by atoms with Gasteiger partial charge in [0.1, 0.15) is 12.1 Å². The van der Waals surface area contributed by atoms with Crippen LogP contribution in [0.15, 0.2) is 12.5 Å². The van der Waals surface area contributed by atoms with Gasteiger partial charge in [0.2, 0.25) is 17.7 Å². The predicted octanol–water partition coefficient (Wildman–Crippen LogP) is -1.98. The third-order valence-electron chi connectivity index (χ3n) is 4.28. The lowest BCUT2D eigenvalue weighted by atomic mass is 10.1. The number of carbonyl (C=O) groups excluding carboxylic acids is 3. The van der Waals surface area contributed by atoms with Gasteiger partial charge in [-0.15, -0.1) is 0 Å². The molecule has 0 saturated carbocycles. The average molecular weight is 380 g/mol. The highest BCUT2D eigenvalue weighted by molar-refractivity contribution is 5.92. The van der Waals surface area contributed by atoms with E-state index < -0.39 is 35.9 Å². The minimum atomic E-state index is -1.23. The first-order chi connectivity index (χ1) is 12.9. The zero-order valence-corrected chi connectivity index (χ0v) is 14.7. The predicted molar refractivity (Wildman–Crippen MR) is 93.2 cm³/mol. The zero-order chi connectivity index (χ0) is 19.8. The fourth-order valence-electron chi connectivity index (χ4n) is 2.82. The Morgan fingerprint density at radius 2 is 2.07 bits per heavy atom. The van der Waals surface area contributed by atoms with Crippen molar-refractivity contribution in [3.05, 3.63) is 18.2 Å². The molecule has 7 N–H and O–H groups in total. The molecular weight excluding hydrogens is 356 g/mol. The van der Waals surface area contributed by atoms with Gasteiger partial charge in [-0.2, -0.15) is 0 Å². The highest BCUT2D eigenvalue weighted by Gasteiger charge is 2.30. The fourth-order valence-corrected chi connectivity index (χ4v) is 2.82. The summed E-state index contributed by atoms with van der Waals surface area (Å²) in [4.78, 5) is 53.9. The normalized spacial score (nSPS) is 18.4. The molecule has 2 rings (SSSR count). The number of rotatable bonds is 10. The highest BCUT2D eigenvalue weighted by Crippen LogP contribution is 2.07. The molecule has 0 unspecified atom stereocenters. The van der Waals surface area contributed by atoms with E-state index in [4.69, 9.17) is 5.73 Å². The van der Waals surface area contributed by atoms with Crippen LogP contribution in [0.3, 0.4) is 0 Å². The molecule has 3 atom stereocenters.